The highest BCUT2D eigenvalue weighted by Gasteiger charge is 2.03. The van der Waals surface area contributed by atoms with Crippen molar-refractivity contribution in [3.05, 3.63) is 78.4 Å². The summed E-state index contributed by atoms with van der Waals surface area (Å²) in [5.74, 6) is 0.402. The van der Waals surface area contributed by atoms with Crippen LogP contribution >= 0.6 is 0 Å². The van der Waals surface area contributed by atoms with Crippen LogP contribution in [0.3, 0.4) is 0 Å². The van der Waals surface area contributed by atoms with Gasteiger partial charge in [0.15, 0.2) is 5.96 Å². The summed E-state index contributed by atoms with van der Waals surface area (Å²) >= 11 is 0. The van der Waals surface area contributed by atoms with E-state index in [4.69, 9.17) is 5.73 Å². The van der Waals surface area contributed by atoms with E-state index in [1.54, 1.807) is 12.5 Å². The van der Waals surface area contributed by atoms with Crippen LogP contribution in [0, 0.1) is 0 Å². The molecule has 5 heteroatoms. The molecule has 0 aliphatic rings. The van der Waals surface area contributed by atoms with Crippen LogP contribution in [-0.2, 0) is 13.0 Å². The van der Waals surface area contributed by atoms with E-state index in [2.05, 4.69) is 34.3 Å². The van der Waals surface area contributed by atoms with Gasteiger partial charge in [0, 0.05) is 18.1 Å². The number of guanidine groups is 1. The van der Waals surface area contributed by atoms with Gasteiger partial charge in [-0.2, -0.15) is 0 Å². The molecular formula is C19H21N5. The van der Waals surface area contributed by atoms with Crippen molar-refractivity contribution in [2.75, 3.05) is 5.32 Å². The van der Waals surface area contributed by atoms with E-state index < -0.39 is 0 Å². The lowest BCUT2D eigenvalue weighted by molar-refractivity contribution is 0.980. The number of aromatic nitrogens is 2. The molecule has 0 spiro atoms. The molecule has 0 aliphatic carbocycles. The number of nitrogens with zero attached hydrogens (tertiary/aromatic N) is 3. The van der Waals surface area contributed by atoms with Gasteiger partial charge < -0.3 is 15.6 Å². The Kier molecular flexibility index (Phi) is 4.91. The van der Waals surface area contributed by atoms with Gasteiger partial charge >= 0.3 is 0 Å². The molecule has 3 N–H and O–H groups in total. The molecule has 0 atom stereocenters. The Balaban J connectivity index is 1.71. The number of aliphatic imine (C=N–C) groups is 1. The van der Waals surface area contributed by atoms with Crippen LogP contribution in [0.25, 0.3) is 5.69 Å². The molecule has 0 saturated carbocycles. The van der Waals surface area contributed by atoms with Crippen molar-refractivity contribution >= 4 is 11.6 Å². The maximum Gasteiger partial charge on any atom is 0.193 e. The van der Waals surface area contributed by atoms with E-state index in [9.17, 15) is 0 Å². The molecular weight excluding hydrogens is 298 g/mol. The molecule has 3 aromatic rings. The summed E-state index contributed by atoms with van der Waals surface area (Å²) in [6.45, 7) is 2.64. The summed E-state index contributed by atoms with van der Waals surface area (Å²) in [5, 5.41) is 3.13. The molecule has 0 bridgehead atoms. The number of benzene rings is 2. The molecule has 5 nitrogen and oxygen atoms in total. The lowest BCUT2D eigenvalue weighted by Gasteiger charge is -2.09. The van der Waals surface area contributed by atoms with Gasteiger partial charge in [-0.3, -0.25) is 0 Å². The Hall–Kier alpha value is -3.08. The smallest absolute Gasteiger partial charge is 0.193 e. The number of anilines is 1. The quantitative estimate of drug-likeness (QED) is 0.560. The topological polar surface area (TPSA) is 68.2 Å². The molecule has 0 unspecified atom stereocenters. The van der Waals surface area contributed by atoms with Crippen LogP contribution in [0.2, 0.25) is 0 Å². The van der Waals surface area contributed by atoms with Gasteiger partial charge in [0.25, 0.3) is 0 Å². The fourth-order valence-corrected chi connectivity index (χ4v) is 2.48. The van der Waals surface area contributed by atoms with Gasteiger partial charge in [-0.15, -0.1) is 0 Å². The number of rotatable bonds is 5. The number of aryl methyl sites for hydroxylation is 1. The largest absolute Gasteiger partial charge is 0.370 e. The second-order valence-corrected chi connectivity index (χ2v) is 5.48. The lowest BCUT2D eigenvalue weighted by atomic mass is 10.1. The predicted molar refractivity (Wildman–Crippen MR) is 98.3 cm³/mol. The molecule has 1 heterocycles. The SMILES string of the molecule is CCc1ccc(NC(N)=NCc2ccccc2-n2ccnc2)cc1. The maximum absolute atomic E-state index is 6.01. The summed E-state index contributed by atoms with van der Waals surface area (Å²) in [4.78, 5) is 8.55. The monoisotopic (exact) mass is 319 g/mol. The Labute approximate surface area is 141 Å². The molecule has 0 amide bonds. The van der Waals surface area contributed by atoms with Crippen LogP contribution in [0.1, 0.15) is 18.1 Å². The zero-order valence-electron chi connectivity index (χ0n) is 13.7. The molecule has 0 saturated heterocycles. The normalized spacial score (nSPS) is 11.5. The first kappa shape index (κ1) is 15.8. The highest BCUT2D eigenvalue weighted by atomic mass is 15.1. The molecule has 24 heavy (non-hydrogen) atoms. The summed E-state index contributed by atoms with van der Waals surface area (Å²) in [6, 6.07) is 16.3. The van der Waals surface area contributed by atoms with Gasteiger partial charge in [-0.05, 0) is 35.7 Å². The maximum atomic E-state index is 6.01. The lowest BCUT2D eigenvalue weighted by Crippen LogP contribution is -2.22. The zero-order chi connectivity index (χ0) is 16.8. The van der Waals surface area contributed by atoms with Crippen LogP contribution in [0.5, 0.6) is 0 Å². The minimum atomic E-state index is 0.402. The van der Waals surface area contributed by atoms with E-state index in [0.29, 0.717) is 12.5 Å². The van der Waals surface area contributed by atoms with Gasteiger partial charge in [0.1, 0.15) is 0 Å². The van der Waals surface area contributed by atoms with E-state index in [0.717, 1.165) is 23.4 Å². The molecule has 3 rings (SSSR count). The first-order valence-corrected chi connectivity index (χ1v) is 7.98. The Bertz CT molecular complexity index is 804. The second kappa shape index (κ2) is 7.46. The predicted octanol–water partition coefficient (Wildman–Crippen LogP) is 3.36. The fraction of sp³-hybridized carbons (Fsp3) is 0.158. The van der Waals surface area contributed by atoms with Crippen molar-refractivity contribution in [3.63, 3.8) is 0 Å². The van der Waals surface area contributed by atoms with Crippen molar-refractivity contribution in [2.24, 2.45) is 10.7 Å². The molecule has 2 aromatic carbocycles. The number of nitrogens with two attached hydrogens (primary N) is 1. The number of hydrogen-bond donors (Lipinski definition) is 2. The van der Waals surface area contributed by atoms with Crippen molar-refractivity contribution in [1.29, 1.82) is 0 Å². The molecule has 0 fully saturated rings. The van der Waals surface area contributed by atoms with Gasteiger partial charge in [0.2, 0.25) is 0 Å². The van der Waals surface area contributed by atoms with Crippen LogP contribution in [0.15, 0.2) is 72.2 Å². The Morgan fingerprint density at radius 2 is 1.96 bits per heavy atom. The fourth-order valence-electron chi connectivity index (χ4n) is 2.48. The summed E-state index contributed by atoms with van der Waals surface area (Å²) in [5.41, 5.74) is 10.4. The Morgan fingerprint density at radius 1 is 1.17 bits per heavy atom. The average Bonchev–Trinajstić information content (AvgIpc) is 3.15. The summed E-state index contributed by atoms with van der Waals surface area (Å²) in [7, 11) is 0. The second-order valence-electron chi connectivity index (χ2n) is 5.48. The first-order chi connectivity index (χ1) is 11.8. The minimum Gasteiger partial charge on any atom is -0.370 e. The van der Waals surface area contributed by atoms with Crippen LogP contribution < -0.4 is 11.1 Å². The molecule has 0 aliphatic heterocycles. The highest BCUT2D eigenvalue weighted by Crippen LogP contribution is 2.15. The third kappa shape index (κ3) is 3.81. The minimum absolute atomic E-state index is 0.402. The first-order valence-electron chi connectivity index (χ1n) is 7.98. The summed E-state index contributed by atoms with van der Waals surface area (Å²) in [6.07, 6.45) is 6.48. The van der Waals surface area contributed by atoms with E-state index in [1.807, 2.05) is 47.2 Å². The molecule has 122 valence electrons. The zero-order valence-corrected chi connectivity index (χ0v) is 13.7. The number of nitrogens with one attached hydrogen (secondary N) is 1. The summed E-state index contributed by atoms with van der Waals surface area (Å²) < 4.78 is 1.97. The van der Waals surface area contributed by atoms with Crippen molar-refractivity contribution < 1.29 is 0 Å². The number of hydrogen-bond acceptors (Lipinski definition) is 2. The van der Waals surface area contributed by atoms with Crippen LogP contribution in [-0.4, -0.2) is 15.5 Å². The number of para-hydroxylation sites is 1. The highest BCUT2D eigenvalue weighted by molar-refractivity contribution is 5.92. The Morgan fingerprint density at radius 3 is 2.67 bits per heavy atom. The van der Waals surface area contributed by atoms with E-state index in [1.165, 1.54) is 5.56 Å². The third-order valence-corrected chi connectivity index (χ3v) is 3.83. The van der Waals surface area contributed by atoms with Gasteiger partial charge in [0.05, 0.1) is 18.6 Å². The number of imidazole rings is 1. The van der Waals surface area contributed by atoms with Gasteiger partial charge in [-0.1, -0.05) is 37.3 Å². The van der Waals surface area contributed by atoms with Crippen molar-refractivity contribution in [2.45, 2.75) is 19.9 Å². The van der Waals surface area contributed by atoms with Gasteiger partial charge in [-0.25, -0.2) is 9.98 Å². The van der Waals surface area contributed by atoms with Crippen molar-refractivity contribution in [1.82, 2.24) is 9.55 Å². The molecule has 1 aromatic heterocycles. The third-order valence-electron chi connectivity index (χ3n) is 3.83. The standard InChI is InChI=1S/C19H21N5/c1-2-15-7-9-17(10-8-15)23-19(20)22-13-16-5-3-4-6-18(16)24-12-11-21-14-24/h3-12,14H,2,13H2,1H3,(H3,20,22,23). The van der Waals surface area contributed by atoms with Crippen LogP contribution in [0.4, 0.5) is 5.69 Å². The molecule has 0 radical (unpaired) electrons. The average molecular weight is 319 g/mol. The van der Waals surface area contributed by atoms with Crippen molar-refractivity contribution in [3.8, 4) is 5.69 Å². The van der Waals surface area contributed by atoms with E-state index >= 15 is 0 Å². The van der Waals surface area contributed by atoms with E-state index in [-0.39, 0.29) is 0 Å².